The maximum atomic E-state index is 12.2. The summed E-state index contributed by atoms with van der Waals surface area (Å²) in [5.41, 5.74) is 0. The number of nitrogens with zero attached hydrogens (tertiary/aromatic N) is 2. The molecule has 0 saturated carbocycles. The summed E-state index contributed by atoms with van der Waals surface area (Å²) in [7, 11) is 3.03. The lowest BCUT2D eigenvalue weighted by atomic mass is 10.2. The Kier molecular flexibility index (Phi) is 4.57. The molecule has 2 N–H and O–H groups in total. The smallest absolute Gasteiger partial charge is 0.391 e. The Morgan fingerprint density at radius 1 is 1.33 bits per heavy atom. The van der Waals surface area contributed by atoms with Crippen molar-refractivity contribution < 1.29 is 17.9 Å². The van der Waals surface area contributed by atoms with Crippen molar-refractivity contribution in [3.05, 3.63) is 6.33 Å². The van der Waals surface area contributed by atoms with Gasteiger partial charge in [-0.15, -0.1) is 0 Å². The third-order valence-electron chi connectivity index (χ3n) is 2.17. The van der Waals surface area contributed by atoms with Gasteiger partial charge in [-0.25, -0.2) is 9.97 Å². The molecule has 0 aromatic carbocycles. The average Bonchev–Trinajstić information content (AvgIpc) is 2.25. The van der Waals surface area contributed by atoms with E-state index in [4.69, 9.17) is 4.74 Å². The number of nitrogens with one attached hydrogen (secondary N) is 2. The molecule has 0 fully saturated rings. The van der Waals surface area contributed by atoms with Crippen LogP contribution in [0.15, 0.2) is 6.33 Å². The fourth-order valence-corrected chi connectivity index (χ4v) is 1.48. The van der Waals surface area contributed by atoms with E-state index in [-0.39, 0.29) is 11.6 Å². The number of halogens is 3. The molecular weight excluding hydrogens is 249 g/mol. The second-order valence-electron chi connectivity index (χ2n) is 3.72. The lowest BCUT2D eigenvalue weighted by Crippen LogP contribution is -2.24. The molecule has 1 rings (SSSR count). The summed E-state index contributed by atoms with van der Waals surface area (Å²) in [6.45, 7) is 1.42. The van der Waals surface area contributed by atoms with E-state index in [0.29, 0.717) is 5.82 Å². The van der Waals surface area contributed by atoms with E-state index in [1.165, 1.54) is 20.4 Å². The highest BCUT2D eigenvalue weighted by Crippen LogP contribution is 2.30. The fourth-order valence-electron chi connectivity index (χ4n) is 1.48. The zero-order valence-corrected chi connectivity index (χ0v) is 10.3. The Bertz CT molecular complexity index is 397. The molecule has 0 saturated heterocycles. The maximum Gasteiger partial charge on any atom is 0.391 e. The van der Waals surface area contributed by atoms with Crippen LogP contribution in [-0.2, 0) is 0 Å². The fraction of sp³-hybridized carbons (Fsp3) is 0.600. The average molecular weight is 264 g/mol. The number of alkyl halides is 3. The van der Waals surface area contributed by atoms with Gasteiger partial charge < -0.3 is 15.4 Å². The van der Waals surface area contributed by atoms with Gasteiger partial charge >= 0.3 is 6.18 Å². The number of anilines is 2. The molecular formula is C10H15F3N4O. The summed E-state index contributed by atoms with van der Waals surface area (Å²) in [5, 5.41) is 5.43. The van der Waals surface area contributed by atoms with Crippen LogP contribution < -0.4 is 15.4 Å². The number of aromatic nitrogens is 2. The lowest BCUT2D eigenvalue weighted by molar-refractivity contribution is -0.136. The summed E-state index contributed by atoms with van der Waals surface area (Å²) in [5.74, 6) is 0.928. The molecule has 0 aliphatic rings. The summed E-state index contributed by atoms with van der Waals surface area (Å²) >= 11 is 0. The topological polar surface area (TPSA) is 59.1 Å². The third kappa shape index (κ3) is 3.94. The van der Waals surface area contributed by atoms with Gasteiger partial charge in [0.15, 0.2) is 11.6 Å². The van der Waals surface area contributed by atoms with Gasteiger partial charge in [-0.2, -0.15) is 13.2 Å². The van der Waals surface area contributed by atoms with E-state index >= 15 is 0 Å². The van der Waals surface area contributed by atoms with Crippen LogP contribution in [0.3, 0.4) is 0 Å². The molecule has 1 aromatic heterocycles. The second kappa shape index (κ2) is 5.74. The van der Waals surface area contributed by atoms with Crippen molar-refractivity contribution in [1.82, 2.24) is 9.97 Å². The Morgan fingerprint density at radius 2 is 1.94 bits per heavy atom. The first kappa shape index (κ1) is 14.3. The Morgan fingerprint density at radius 3 is 2.44 bits per heavy atom. The van der Waals surface area contributed by atoms with Crippen molar-refractivity contribution in [1.29, 1.82) is 0 Å². The van der Waals surface area contributed by atoms with Crippen LogP contribution in [0.1, 0.15) is 13.3 Å². The quantitative estimate of drug-likeness (QED) is 0.854. The first-order valence-electron chi connectivity index (χ1n) is 5.27. The molecule has 8 heteroatoms. The third-order valence-corrected chi connectivity index (χ3v) is 2.17. The minimum atomic E-state index is -4.22. The van der Waals surface area contributed by atoms with Crippen molar-refractivity contribution in [3.63, 3.8) is 0 Å². The van der Waals surface area contributed by atoms with Gasteiger partial charge in [0.2, 0.25) is 5.75 Å². The number of rotatable bonds is 5. The second-order valence-corrected chi connectivity index (χ2v) is 3.72. The van der Waals surface area contributed by atoms with Crippen LogP contribution in [0.5, 0.6) is 5.75 Å². The van der Waals surface area contributed by atoms with E-state index in [2.05, 4.69) is 20.6 Å². The van der Waals surface area contributed by atoms with Crippen LogP contribution >= 0.6 is 0 Å². The van der Waals surface area contributed by atoms with Gasteiger partial charge in [0.1, 0.15) is 6.33 Å². The van der Waals surface area contributed by atoms with Gasteiger partial charge in [-0.1, -0.05) is 0 Å². The molecule has 5 nitrogen and oxygen atoms in total. The van der Waals surface area contributed by atoms with Gasteiger partial charge in [0.05, 0.1) is 13.5 Å². The van der Waals surface area contributed by atoms with Gasteiger partial charge in [0.25, 0.3) is 0 Å². The first-order valence-corrected chi connectivity index (χ1v) is 5.27. The molecule has 0 spiro atoms. The van der Waals surface area contributed by atoms with Crippen molar-refractivity contribution in [2.75, 3.05) is 24.8 Å². The van der Waals surface area contributed by atoms with E-state index in [1.807, 2.05) is 0 Å². The van der Waals surface area contributed by atoms with Gasteiger partial charge in [-0.3, -0.25) is 0 Å². The minimum absolute atomic E-state index is 0.230. The minimum Gasteiger partial charge on any atom is -0.490 e. The number of ether oxygens (including phenoxy) is 1. The molecule has 0 amide bonds. The Hall–Kier alpha value is -1.73. The van der Waals surface area contributed by atoms with Crippen molar-refractivity contribution in [3.8, 4) is 5.75 Å². The molecule has 0 radical (unpaired) electrons. The van der Waals surface area contributed by atoms with Gasteiger partial charge in [-0.05, 0) is 6.92 Å². The molecule has 1 aromatic rings. The van der Waals surface area contributed by atoms with Crippen LogP contribution in [0.25, 0.3) is 0 Å². The van der Waals surface area contributed by atoms with Crippen molar-refractivity contribution in [2.45, 2.75) is 25.6 Å². The molecule has 0 aliphatic heterocycles. The molecule has 0 bridgehead atoms. The van der Waals surface area contributed by atoms with Crippen LogP contribution in [-0.4, -0.2) is 36.3 Å². The van der Waals surface area contributed by atoms with E-state index < -0.39 is 18.6 Å². The van der Waals surface area contributed by atoms with Crippen LogP contribution in [0, 0.1) is 0 Å². The summed E-state index contributed by atoms with van der Waals surface area (Å²) < 4.78 is 41.7. The van der Waals surface area contributed by atoms with Crippen LogP contribution in [0.4, 0.5) is 24.8 Å². The normalized spacial score (nSPS) is 13.0. The first-order chi connectivity index (χ1) is 8.37. The monoisotopic (exact) mass is 264 g/mol. The van der Waals surface area contributed by atoms with Crippen molar-refractivity contribution in [2.24, 2.45) is 0 Å². The molecule has 0 aliphatic carbocycles. The zero-order valence-electron chi connectivity index (χ0n) is 10.3. The number of hydrogen-bond donors (Lipinski definition) is 2. The highest BCUT2D eigenvalue weighted by Gasteiger charge is 2.30. The predicted molar refractivity (Wildman–Crippen MR) is 61.9 cm³/mol. The van der Waals surface area contributed by atoms with E-state index in [9.17, 15) is 13.2 Å². The number of methoxy groups -OCH3 is 1. The zero-order chi connectivity index (χ0) is 13.8. The Labute approximate surface area is 103 Å². The number of hydrogen-bond acceptors (Lipinski definition) is 5. The van der Waals surface area contributed by atoms with E-state index in [0.717, 1.165) is 0 Å². The van der Waals surface area contributed by atoms with Crippen molar-refractivity contribution >= 4 is 11.6 Å². The highest BCUT2D eigenvalue weighted by molar-refractivity contribution is 5.63. The molecule has 1 atom stereocenters. The molecule has 102 valence electrons. The summed E-state index contributed by atoms with van der Waals surface area (Å²) in [6, 6.07) is -0.807. The van der Waals surface area contributed by atoms with Crippen LogP contribution in [0.2, 0.25) is 0 Å². The highest BCUT2D eigenvalue weighted by atomic mass is 19.4. The Balaban J connectivity index is 2.84. The molecule has 18 heavy (non-hydrogen) atoms. The van der Waals surface area contributed by atoms with Gasteiger partial charge in [0, 0.05) is 13.1 Å². The molecule has 1 unspecified atom stereocenters. The SMILES string of the molecule is CNc1ncnc(NC(C)CC(F)(F)F)c1OC. The predicted octanol–water partition coefficient (Wildman–Crippen LogP) is 2.28. The summed E-state index contributed by atoms with van der Waals surface area (Å²) in [6.07, 6.45) is -3.93. The lowest BCUT2D eigenvalue weighted by Gasteiger charge is -2.18. The standard InChI is InChI=1S/C10H15F3N4O/c1-6(4-10(11,12)13)17-9-7(18-3)8(14-2)15-5-16-9/h5-6H,4H2,1-3H3,(H2,14,15,16,17). The maximum absolute atomic E-state index is 12.2. The summed E-state index contributed by atoms with van der Waals surface area (Å²) in [4.78, 5) is 7.77. The molecule has 1 heterocycles. The largest absolute Gasteiger partial charge is 0.490 e. The van der Waals surface area contributed by atoms with E-state index in [1.54, 1.807) is 7.05 Å².